The van der Waals surface area contributed by atoms with Gasteiger partial charge < -0.3 is 4.74 Å². The molecule has 2 nitrogen and oxygen atoms in total. The van der Waals surface area contributed by atoms with E-state index >= 15 is 0 Å². The summed E-state index contributed by atoms with van der Waals surface area (Å²) in [6.45, 7) is 0. The molecule has 0 aliphatic heterocycles. The Morgan fingerprint density at radius 3 is 2.62 bits per heavy atom. The third-order valence-electron chi connectivity index (χ3n) is 3.23. The van der Waals surface area contributed by atoms with Crippen LogP contribution in [0.5, 0.6) is 5.75 Å². The second-order valence-corrected chi connectivity index (χ2v) is 4.63. The normalized spacial score (nSPS) is 16.4. The fourth-order valence-corrected chi connectivity index (χ4v) is 2.77. The summed E-state index contributed by atoms with van der Waals surface area (Å²) in [5, 5.41) is 0.536. The van der Waals surface area contributed by atoms with Gasteiger partial charge in [-0.1, -0.05) is 24.4 Å². The molecule has 0 radical (unpaired) electrons. The van der Waals surface area contributed by atoms with E-state index in [-0.39, 0.29) is 0 Å². The van der Waals surface area contributed by atoms with Gasteiger partial charge in [0.05, 0.1) is 12.1 Å². The van der Waals surface area contributed by atoms with E-state index in [1.807, 2.05) is 6.07 Å². The number of carbonyl (C=O) groups excluding carboxylic acids is 1. The predicted molar refractivity (Wildman–Crippen MR) is 64.6 cm³/mol. The van der Waals surface area contributed by atoms with Gasteiger partial charge in [-0.2, -0.15) is 0 Å². The van der Waals surface area contributed by atoms with Gasteiger partial charge in [0.25, 0.3) is 0 Å². The monoisotopic (exact) mass is 238 g/mol. The number of methoxy groups -OCH3 is 1. The average molecular weight is 239 g/mol. The van der Waals surface area contributed by atoms with Crippen molar-refractivity contribution in [2.75, 3.05) is 7.11 Å². The van der Waals surface area contributed by atoms with Crippen molar-refractivity contribution in [3.8, 4) is 5.75 Å². The van der Waals surface area contributed by atoms with E-state index in [2.05, 4.69) is 0 Å². The topological polar surface area (TPSA) is 26.3 Å². The molecule has 0 heterocycles. The predicted octanol–water partition coefficient (Wildman–Crippen LogP) is 3.82. The maximum Gasteiger partial charge on any atom is 0.150 e. The molecule has 2 rings (SSSR count). The first-order valence-electron chi connectivity index (χ1n) is 5.59. The number of carbonyl (C=O) groups is 1. The molecule has 0 amide bonds. The van der Waals surface area contributed by atoms with E-state index in [1.165, 1.54) is 12.8 Å². The van der Waals surface area contributed by atoms with Gasteiger partial charge in [0.2, 0.25) is 0 Å². The smallest absolute Gasteiger partial charge is 0.150 e. The maximum absolute atomic E-state index is 10.8. The summed E-state index contributed by atoms with van der Waals surface area (Å²) < 4.78 is 5.34. The molecule has 0 atom stereocenters. The lowest BCUT2D eigenvalue weighted by molar-refractivity contribution is 0.112. The van der Waals surface area contributed by atoms with Crippen molar-refractivity contribution in [3.63, 3.8) is 0 Å². The molecular weight excluding hydrogens is 224 g/mol. The van der Waals surface area contributed by atoms with Crippen LogP contribution >= 0.6 is 11.6 Å². The first-order chi connectivity index (χ1) is 7.76. The van der Waals surface area contributed by atoms with Crippen LogP contribution in [0.3, 0.4) is 0 Å². The highest BCUT2D eigenvalue weighted by Gasteiger charge is 2.22. The van der Waals surface area contributed by atoms with Crippen LogP contribution in [0.15, 0.2) is 12.1 Å². The van der Waals surface area contributed by atoms with Gasteiger partial charge in [-0.25, -0.2) is 0 Å². The standard InChI is InChI=1S/C13H15ClO2/c1-16-13-11(10-4-2-3-5-10)6-9(8-15)7-12(13)14/h6-8,10H,2-5H2,1H3. The zero-order valence-electron chi connectivity index (χ0n) is 9.33. The number of benzene rings is 1. The van der Waals surface area contributed by atoms with E-state index in [0.717, 1.165) is 30.4 Å². The summed E-state index contributed by atoms with van der Waals surface area (Å²) in [5.74, 6) is 1.23. The minimum atomic E-state index is 0.493. The molecule has 1 saturated carbocycles. The fraction of sp³-hybridized carbons (Fsp3) is 0.462. The van der Waals surface area contributed by atoms with Gasteiger partial charge >= 0.3 is 0 Å². The quantitative estimate of drug-likeness (QED) is 0.749. The van der Waals surface area contributed by atoms with Crippen LogP contribution in [0.4, 0.5) is 0 Å². The molecule has 1 aromatic carbocycles. The molecule has 1 aromatic rings. The van der Waals surface area contributed by atoms with Crippen molar-refractivity contribution >= 4 is 17.9 Å². The average Bonchev–Trinajstić information content (AvgIpc) is 2.81. The van der Waals surface area contributed by atoms with Crippen LogP contribution < -0.4 is 4.74 Å². The van der Waals surface area contributed by atoms with Crippen molar-refractivity contribution in [2.24, 2.45) is 0 Å². The molecule has 3 heteroatoms. The third kappa shape index (κ3) is 2.07. The number of rotatable bonds is 3. The summed E-state index contributed by atoms with van der Waals surface area (Å²) in [5.41, 5.74) is 1.72. The van der Waals surface area contributed by atoms with E-state index in [9.17, 15) is 4.79 Å². The number of ether oxygens (including phenoxy) is 1. The van der Waals surface area contributed by atoms with Crippen molar-refractivity contribution < 1.29 is 9.53 Å². The summed E-state index contributed by atoms with van der Waals surface area (Å²) in [6, 6.07) is 3.57. The first-order valence-corrected chi connectivity index (χ1v) is 5.96. The lowest BCUT2D eigenvalue weighted by atomic mass is 9.95. The Hall–Kier alpha value is -1.02. The maximum atomic E-state index is 10.8. The van der Waals surface area contributed by atoms with Crippen LogP contribution in [0, 0.1) is 0 Å². The molecule has 86 valence electrons. The Bertz CT molecular complexity index is 395. The molecule has 0 aromatic heterocycles. The Balaban J connectivity index is 2.46. The SMILES string of the molecule is COc1c(Cl)cc(C=O)cc1C1CCCC1. The zero-order valence-corrected chi connectivity index (χ0v) is 10.1. The van der Waals surface area contributed by atoms with Crippen molar-refractivity contribution in [1.82, 2.24) is 0 Å². The Labute approximate surface area is 101 Å². The highest BCUT2D eigenvalue weighted by molar-refractivity contribution is 6.32. The number of halogens is 1. The summed E-state index contributed by atoms with van der Waals surface area (Å²) in [4.78, 5) is 10.8. The molecule has 1 aliphatic carbocycles. The van der Waals surface area contributed by atoms with Crippen LogP contribution in [0.1, 0.15) is 47.5 Å². The second kappa shape index (κ2) is 4.88. The number of hydrogen-bond acceptors (Lipinski definition) is 2. The zero-order chi connectivity index (χ0) is 11.5. The molecule has 0 unspecified atom stereocenters. The van der Waals surface area contributed by atoms with Gasteiger partial charge in [0, 0.05) is 5.56 Å². The fourth-order valence-electron chi connectivity index (χ4n) is 2.46. The molecule has 0 N–H and O–H groups in total. The Morgan fingerprint density at radius 1 is 1.38 bits per heavy atom. The summed E-state index contributed by atoms with van der Waals surface area (Å²) >= 11 is 6.11. The molecule has 1 aliphatic rings. The number of hydrogen-bond donors (Lipinski definition) is 0. The molecule has 1 fully saturated rings. The van der Waals surface area contributed by atoms with Gasteiger partial charge in [-0.3, -0.25) is 4.79 Å². The van der Waals surface area contributed by atoms with Gasteiger partial charge in [0.15, 0.2) is 0 Å². The van der Waals surface area contributed by atoms with Crippen LogP contribution in [-0.2, 0) is 0 Å². The Kier molecular flexibility index (Phi) is 3.49. The molecule has 16 heavy (non-hydrogen) atoms. The van der Waals surface area contributed by atoms with Crippen molar-refractivity contribution in [1.29, 1.82) is 0 Å². The first kappa shape index (κ1) is 11.5. The number of aldehydes is 1. The second-order valence-electron chi connectivity index (χ2n) is 4.22. The lowest BCUT2D eigenvalue weighted by Crippen LogP contribution is -1.99. The highest BCUT2D eigenvalue weighted by Crippen LogP contribution is 2.42. The van der Waals surface area contributed by atoms with E-state index in [0.29, 0.717) is 16.5 Å². The Morgan fingerprint density at radius 2 is 2.06 bits per heavy atom. The van der Waals surface area contributed by atoms with Crippen molar-refractivity contribution in [2.45, 2.75) is 31.6 Å². The van der Waals surface area contributed by atoms with Crippen molar-refractivity contribution in [3.05, 3.63) is 28.3 Å². The molecular formula is C13H15ClO2. The van der Waals surface area contributed by atoms with Gasteiger partial charge in [-0.15, -0.1) is 0 Å². The lowest BCUT2D eigenvalue weighted by Gasteiger charge is -2.16. The molecule has 0 bridgehead atoms. The van der Waals surface area contributed by atoms with Gasteiger partial charge in [-0.05, 0) is 36.5 Å². The molecule has 0 spiro atoms. The minimum Gasteiger partial charge on any atom is -0.495 e. The minimum absolute atomic E-state index is 0.493. The van der Waals surface area contributed by atoms with Gasteiger partial charge in [0.1, 0.15) is 12.0 Å². The van der Waals surface area contributed by atoms with E-state index in [1.54, 1.807) is 13.2 Å². The van der Waals surface area contributed by atoms with Crippen LogP contribution in [-0.4, -0.2) is 13.4 Å². The summed E-state index contributed by atoms with van der Waals surface area (Å²) in [7, 11) is 1.63. The van der Waals surface area contributed by atoms with Crippen LogP contribution in [0.25, 0.3) is 0 Å². The van der Waals surface area contributed by atoms with E-state index < -0.39 is 0 Å². The molecule has 0 saturated heterocycles. The largest absolute Gasteiger partial charge is 0.495 e. The van der Waals surface area contributed by atoms with E-state index in [4.69, 9.17) is 16.3 Å². The van der Waals surface area contributed by atoms with Crippen LogP contribution in [0.2, 0.25) is 5.02 Å². The summed E-state index contributed by atoms with van der Waals surface area (Å²) in [6.07, 6.45) is 5.65. The third-order valence-corrected chi connectivity index (χ3v) is 3.51. The highest BCUT2D eigenvalue weighted by atomic mass is 35.5.